The topological polar surface area (TPSA) is 74.0 Å². The minimum absolute atomic E-state index is 0.263. The van der Waals surface area contributed by atoms with Crippen LogP contribution in [0.25, 0.3) is 17.0 Å². The first-order valence-corrected chi connectivity index (χ1v) is 12.2. The number of hydrogen-bond donors (Lipinski definition) is 1. The molecule has 0 bridgehead atoms. The second-order valence-electron chi connectivity index (χ2n) is 8.92. The van der Waals surface area contributed by atoms with Crippen LogP contribution in [0.3, 0.4) is 0 Å². The molecule has 3 heterocycles. The predicted octanol–water partition coefficient (Wildman–Crippen LogP) is 5.81. The van der Waals surface area contributed by atoms with E-state index in [1.54, 1.807) is 47.2 Å². The zero-order valence-corrected chi connectivity index (χ0v) is 20.8. The van der Waals surface area contributed by atoms with E-state index < -0.39 is 17.5 Å². The zero-order valence-electron chi connectivity index (χ0n) is 20.0. The monoisotopic (exact) mass is 535 g/mol. The Labute approximate surface area is 221 Å². The molecular formula is C28H21ClF3N5O. The second-order valence-corrected chi connectivity index (χ2v) is 9.31. The average Bonchev–Trinajstić information content (AvgIpc) is 3.22. The van der Waals surface area contributed by atoms with Gasteiger partial charge in [0.1, 0.15) is 22.6 Å². The van der Waals surface area contributed by atoms with Crippen molar-refractivity contribution < 1.29 is 18.0 Å². The van der Waals surface area contributed by atoms with Gasteiger partial charge in [0, 0.05) is 67.6 Å². The van der Waals surface area contributed by atoms with E-state index in [4.69, 9.17) is 11.6 Å². The highest BCUT2D eigenvalue weighted by Gasteiger charge is 2.26. The number of halogens is 4. The highest BCUT2D eigenvalue weighted by atomic mass is 35.5. The Morgan fingerprint density at radius 2 is 1.95 bits per heavy atom. The molecule has 1 N–H and O–H groups in total. The van der Waals surface area contributed by atoms with Crippen LogP contribution in [-0.2, 0) is 19.5 Å². The van der Waals surface area contributed by atoms with Crippen molar-refractivity contribution in [3.63, 3.8) is 0 Å². The summed E-state index contributed by atoms with van der Waals surface area (Å²) in [4.78, 5) is 19.3. The quantitative estimate of drug-likeness (QED) is 0.327. The SMILES string of the molecule is N#Cc1ccc2c(c1)c1c(n2C(=O)NCc2ccnc(Cl)c2)CCN(C/C=C/c2c(F)cc(F)cc2F)C1. The molecule has 1 amide bonds. The lowest BCUT2D eigenvalue weighted by molar-refractivity contribution is 0.240. The molecule has 5 rings (SSSR count). The predicted molar refractivity (Wildman–Crippen MR) is 138 cm³/mol. The molecule has 0 saturated heterocycles. The standard InChI is InChI=1S/C28H21ClF3N5O/c29-27-11-18(5-7-34-27)15-35-28(38)37-25-4-3-17(14-33)10-21(25)22-16-36(9-6-26(22)37)8-1-2-20-23(31)12-19(30)13-24(20)32/h1-5,7,10-13H,6,8-9,15-16H2,(H,35,38)/b2-1+. The molecule has 192 valence electrons. The van der Waals surface area contributed by atoms with Gasteiger partial charge in [-0.15, -0.1) is 0 Å². The van der Waals surface area contributed by atoms with E-state index in [1.165, 1.54) is 6.08 Å². The van der Waals surface area contributed by atoms with Gasteiger partial charge in [-0.25, -0.2) is 22.9 Å². The Hall–Kier alpha value is -4.13. The van der Waals surface area contributed by atoms with Crippen molar-refractivity contribution in [3.05, 3.63) is 105 Å². The molecule has 0 saturated carbocycles. The largest absolute Gasteiger partial charge is 0.333 e. The number of fused-ring (bicyclic) bond motifs is 3. The number of pyridine rings is 1. The van der Waals surface area contributed by atoms with Crippen molar-refractivity contribution in [1.82, 2.24) is 19.8 Å². The number of benzene rings is 2. The van der Waals surface area contributed by atoms with Crippen molar-refractivity contribution >= 4 is 34.6 Å². The molecular weight excluding hydrogens is 515 g/mol. The van der Waals surface area contributed by atoms with Gasteiger partial charge in [-0.05, 0) is 41.5 Å². The summed E-state index contributed by atoms with van der Waals surface area (Å²) in [5, 5.41) is 13.5. The summed E-state index contributed by atoms with van der Waals surface area (Å²) in [6, 6.07) is 11.8. The summed E-state index contributed by atoms with van der Waals surface area (Å²) >= 11 is 5.95. The minimum Gasteiger partial charge on any atom is -0.333 e. The van der Waals surface area contributed by atoms with Gasteiger partial charge in [0.25, 0.3) is 0 Å². The summed E-state index contributed by atoms with van der Waals surface area (Å²) in [5.41, 5.74) is 3.43. The maximum Gasteiger partial charge on any atom is 0.326 e. The van der Waals surface area contributed by atoms with E-state index in [9.17, 15) is 23.2 Å². The number of nitrogens with one attached hydrogen (secondary N) is 1. The summed E-state index contributed by atoms with van der Waals surface area (Å²) < 4.78 is 42.8. The van der Waals surface area contributed by atoms with Crippen LogP contribution in [0.4, 0.5) is 18.0 Å². The molecule has 1 aliphatic heterocycles. The fraction of sp³-hybridized carbons (Fsp3) is 0.179. The Bertz CT molecular complexity index is 1600. The number of carbonyl (C=O) groups is 1. The van der Waals surface area contributed by atoms with Crippen LogP contribution in [0.1, 0.15) is 27.9 Å². The van der Waals surface area contributed by atoms with Gasteiger partial charge in [0.15, 0.2) is 0 Å². The van der Waals surface area contributed by atoms with Crippen molar-refractivity contribution in [2.24, 2.45) is 0 Å². The molecule has 0 fully saturated rings. The maximum absolute atomic E-state index is 14.0. The Morgan fingerprint density at radius 3 is 2.68 bits per heavy atom. The van der Waals surface area contributed by atoms with Crippen molar-refractivity contribution in [2.45, 2.75) is 19.5 Å². The van der Waals surface area contributed by atoms with Gasteiger partial charge in [0.2, 0.25) is 0 Å². The number of rotatable bonds is 5. The van der Waals surface area contributed by atoms with Crippen LogP contribution >= 0.6 is 11.6 Å². The van der Waals surface area contributed by atoms with E-state index in [1.807, 2.05) is 0 Å². The highest BCUT2D eigenvalue weighted by molar-refractivity contribution is 6.29. The molecule has 0 spiro atoms. The van der Waals surface area contributed by atoms with E-state index in [0.717, 1.165) is 22.2 Å². The summed E-state index contributed by atoms with van der Waals surface area (Å²) in [7, 11) is 0. The molecule has 2 aromatic heterocycles. The molecule has 38 heavy (non-hydrogen) atoms. The smallest absolute Gasteiger partial charge is 0.326 e. The van der Waals surface area contributed by atoms with Crippen molar-refractivity contribution in [1.29, 1.82) is 5.26 Å². The molecule has 2 aromatic carbocycles. The zero-order chi connectivity index (χ0) is 26.8. The molecule has 10 heteroatoms. The molecule has 1 aliphatic rings. The van der Waals surface area contributed by atoms with Crippen LogP contribution in [0, 0.1) is 28.8 Å². The van der Waals surface area contributed by atoms with Crippen LogP contribution < -0.4 is 5.32 Å². The molecule has 4 aromatic rings. The first kappa shape index (κ1) is 25.5. The average molecular weight is 536 g/mol. The van der Waals surface area contributed by atoms with E-state index in [-0.39, 0.29) is 18.1 Å². The molecule has 0 radical (unpaired) electrons. The Morgan fingerprint density at radius 1 is 1.16 bits per heavy atom. The normalized spacial score (nSPS) is 13.6. The van der Waals surface area contributed by atoms with Crippen molar-refractivity contribution in [2.75, 3.05) is 13.1 Å². The lowest BCUT2D eigenvalue weighted by atomic mass is 10.0. The van der Waals surface area contributed by atoms with Gasteiger partial charge >= 0.3 is 6.03 Å². The Kier molecular flexibility index (Phi) is 7.18. The van der Waals surface area contributed by atoms with Crippen molar-refractivity contribution in [3.8, 4) is 6.07 Å². The third-order valence-corrected chi connectivity index (χ3v) is 6.69. The van der Waals surface area contributed by atoms with Crippen LogP contribution in [0.5, 0.6) is 0 Å². The highest BCUT2D eigenvalue weighted by Crippen LogP contribution is 2.32. The minimum atomic E-state index is -0.970. The van der Waals surface area contributed by atoms with Gasteiger partial charge in [-0.1, -0.05) is 23.8 Å². The number of amides is 1. The Balaban J connectivity index is 1.40. The number of carbonyl (C=O) groups excluding carboxylic acids is 1. The van der Waals surface area contributed by atoms with Crippen LogP contribution in [0.2, 0.25) is 5.15 Å². The summed E-state index contributed by atoms with van der Waals surface area (Å²) in [5.74, 6) is -2.90. The first-order valence-electron chi connectivity index (χ1n) is 11.8. The summed E-state index contributed by atoms with van der Waals surface area (Å²) in [6.45, 7) is 1.72. The maximum atomic E-state index is 14.0. The summed E-state index contributed by atoms with van der Waals surface area (Å²) in [6.07, 6.45) is 5.04. The number of nitrogens with zero attached hydrogens (tertiary/aromatic N) is 4. The van der Waals surface area contributed by atoms with E-state index in [0.29, 0.717) is 54.4 Å². The third-order valence-electron chi connectivity index (χ3n) is 6.49. The number of nitriles is 1. The lowest BCUT2D eigenvalue weighted by Gasteiger charge is -2.27. The number of hydrogen-bond acceptors (Lipinski definition) is 4. The first-order chi connectivity index (χ1) is 18.3. The molecule has 6 nitrogen and oxygen atoms in total. The van der Waals surface area contributed by atoms with Gasteiger partial charge in [0.05, 0.1) is 17.1 Å². The molecule has 0 aliphatic carbocycles. The van der Waals surface area contributed by atoms with Gasteiger partial charge in [-0.3, -0.25) is 9.47 Å². The third kappa shape index (κ3) is 5.14. The fourth-order valence-electron chi connectivity index (χ4n) is 4.71. The van der Waals surface area contributed by atoms with E-state index >= 15 is 0 Å². The molecule has 0 atom stereocenters. The molecule has 0 unspecified atom stereocenters. The van der Waals surface area contributed by atoms with Crippen LogP contribution in [-0.4, -0.2) is 33.6 Å². The van der Waals surface area contributed by atoms with E-state index in [2.05, 4.69) is 21.3 Å². The second kappa shape index (κ2) is 10.7. The van der Waals surface area contributed by atoms with Gasteiger partial charge < -0.3 is 5.32 Å². The van der Waals surface area contributed by atoms with Crippen LogP contribution in [0.15, 0.2) is 54.7 Å². The van der Waals surface area contributed by atoms with Gasteiger partial charge in [-0.2, -0.15) is 5.26 Å². The fourth-order valence-corrected chi connectivity index (χ4v) is 4.91. The number of aromatic nitrogens is 2. The lowest BCUT2D eigenvalue weighted by Crippen LogP contribution is -2.34.